The predicted molar refractivity (Wildman–Crippen MR) is 276 cm³/mol. The summed E-state index contributed by atoms with van der Waals surface area (Å²) in [5.74, 6) is 0. The van der Waals surface area contributed by atoms with Crippen molar-refractivity contribution in [3.05, 3.63) is 230 Å². The Morgan fingerprint density at radius 1 is 0.262 bits per heavy atom. The third-order valence-electron chi connectivity index (χ3n) is 14.7. The lowest BCUT2D eigenvalue weighted by Crippen LogP contribution is -2.14. The quantitative estimate of drug-likeness (QED) is 0.156. The van der Waals surface area contributed by atoms with Crippen molar-refractivity contribution >= 4 is 75.9 Å². The largest absolute Gasteiger partial charge is 0.309 e. The van der Waals surface area contributed by atoms with Crippen LogP contribution in [0.1, 0.15) is 25.0 Å². The monoisotopic (exact) mass is 826 g/mol. The van der Waals surface area contributed by atoms with Crippen LogP contribution < -0.4 is 0 Å². The molecule has 0 saturated carbocycles. The molecule has 2 heteroatoms. The summed E-state index contributed by atoms with van der Waals surface area (Å²) in [5.41, 5.74) is 17.5. The van der Waals surface area contributed by atoms with Gasteiger partial charge in [-0.3, -0.25) is 0 Å². The fraction of sp³-hybridized carbons (Fsp3) is 0.0476. The normalized spacial score (nSPS) is 13.2. The summed E-state index contributed by atoms with van der Waals surface area (Å²) in [6.45, 7) is 4.75. The first-order valence-corrected chi connectivity index (χ1v) is 22.8. The molecule has 0 aliphatic heterocycles. The van der Waals surface area contributed by atoms with Gasteiger partial charge in [-0.15, -0.1) is 0 Å². The number of nitrogens with zero attached hydrogens (tertiary/aromatic N) is 2. The zero-order valence-corrected chi connectivity index (χ0v) is 36.2. The molecule has 0 saturated heterocycles. The van der Waals surface area contributed by atoms with Crippen molar-refractivity contribution in [2.45, 2.75) is 19.3 Å². The highest BCUT2D eigenvalue weighted by atomic mass is 15.0. The summed E-state index contributed by atoms with van der Waals surface area (Å²) in [4.78, 5) is 0. The van der Waals surface area contributed by atoms with Gasteiger partial charge in [0.05, 0.1) is 22.1 Å². The number of para-hydroxylation sites is 3. The van der Waals surface area contributed by atoms with Crippen LogP contribution in [-0.2, 0) is 5.41 Å². The highest BCUT2D eigenvalue weighted by Crippen LogP contribution is 2.51. The standard InChI is InChI=1S/C63H42N2/c1-63(2)57-21-11-8-18-48(57)54-37-52-46-17-7-6-16-45(46)51-34-40(26-31-47(51)53(52)38-58(54)63)39-24-29-44(30-25-39)65-60-23-13-10-20-50(60)56-36-42(28-33-62(56)65)41-27-32-61-55(35-41)49-19-9-12-22-59(49)64(61)43-14-4-3-5-15-43/h3-38H,1-2H3. The van der Waals surface area contributed by atoms with Crippen LogP contribution in [0, 0.1) is 0 Å². The topological polar surface area (TPSA) is 9.86 Å². The maximum absolute atomic E-state index is 2.49. The Morgan fingerprint density at radius 3 is 1.34 bits per heavy atom. The van der Waals surface area contributed by atoms with Gasteiger partial charge in [-0.2, -0.15) is 0 Å². The Bertz CT molecular complexity index is 4120. The summed E-state index contributed by atoms with van der Waals surface area (Å²) in [6.07, 6.45) is 0. The Morgan fingerprint density at radius 2 is 0.692 bits per heavy atom. The summed E-state index contributed by atoms with van der Waals surface area (Å²) < 4.78 is 4.80. The van der Waals surface area contributed by atoms with E-state index in [0.717, 1.165) is 5.69 Å². The van der Waals surface area contributed by atoms with Gasteiger partial charge in [-0.05, 0) is 156 Å². The lowest BCUT2D eigenvalue weighted by atomic mass is 9.81. The molecule has 1 aliphatic carbocycles. The molecule has 0 spiro atoms. The summed E-state index contributed by atoms with van der Waals surface area (Å²) in [7, 11) is 0. The van der Waals surface area contributed by atoms with Gasteiger partial charge in [0.15, 0.2) is 0 Å². The van der Waals surface area contributed by atoms with Crippen LogP contribution in [0.25, 0.3) is 121 Å². The number of fused-ring (bicyclic) bond motifs is 15. The lowest BCUT2D eigenvalue weighted by molar-refractivity contribution is 0.661. The van der Waals surface area contributed by atoms with Crippen molar-refractivity contribution in [2.24, 2.45) is 0 Å². The van der Waals surface area contributed by atoms with E-state index in [1.54, 1.807) is 0 Å². The number of rotatable bonds is 4. The van der Waals surface area contributed by atoms with Gasteiger partial charge in [-0.25, -0.2) is 0 Å². The molecule has 0 unspecified atom stereocenters. The van der Waals surface area contributed by atoms with Gasteiger partial charge >= 0.3 is 0 Å². The average molecular weight is 827 g/mol. The zero-order valence-electron chi connectivity index (χ0n) is 36.2. The van der Waals surface area contributed by atoms with Gasteiger partial charge in [-0.1, -0.05) is 153 Å². The molecule has 14 rings (SSSR count). The van der Waals surface area contributed by atoms with Crippen LogP contribution in [0.2, 0.25) is 0 Å². The van der Waals surface area contributed by atoms with Crippen LogP contribution in [-0.4, -0.2) is 9.13 Å². The van der Waals surface area contributed by atoms with Gasteiger partial charge < -0.3 is 9.13 Å². The van der Waals surface area contributed by atoms with Crippen molar-refractivity contribution in [1.82, 2.24) is 9.13 Å². The molecule has 13 aromatic rings. The maximum Gasteiger partial charge on any atom is 0.0541 e. The summed E-state index contributed by atoms with van der Waals surface area (Å²) in [6, 6.07) is 81.3. The highest BCUT2D eigenvalue weighted by Gasteiger charge is 2.35. The molecule has 0 amide bonds. The van der Waals surface area contributed by atoms with E-state index in [9.17, 15) is 0 Å². The lowest BCUT2D eigenvalue weighted by Gasteiger charge is -2.22. The molecule has 304 valence electrons. The SMILES string of the molecule is CC1(C)c2ccccc2-c2cc3c4ccccc4c4cc(-c5ccc(-n6c7ccccc7c7cc(-c8ccc9c(c8)c8ccccc8n9-c8ccccc8)ccc76)cc5)ccc4c3cc21. The molecule has 0 radical (unpaired) electrons. The molecular formula is C63H42N2. The van der Waals surface area contributed by atoms with Crippen LogP contribution >= 0.6 is 0 Å². The van der Waals surface area contributed by atoms with Crippen molar-refractivity contribution in [3.8, 4) is 44.8 Å². The molecule has 0 N–H and O–H groups in total. The molecule has 2 nitrogen and oxygen atoms in total. The number of hydrogen-bond donors (Lipinski definition) is 0. The van der Waals surface area contributed by atoms with E-state index in [2.05, 4.69) is 241 Å². The second-order valence-electron chi connectivity index (χ2n) is 18.5. The van der Waals surface area contributed by atoms with Crippen LogP contribution in [0.4, 0.5) is 0 Å². The number of benzene rings is 11. The van der Waals surface area contributed by atoms with E-state index in [1.807, 2.05) is 0 Å². The van der Waals surface area contributed by atoms with Crippen LogP contribution in [0.3, 0.4) is 0 Å². The highest BCUT2D eigenvalue weighted by molar-refractivity contribution is 6.27. The Labute approximate surface area is 376 Å². The zero-order chi connectivity index (χ0) is 43.0. The third kappa shape index (κ3) is 5.17. The van der Waals surface area contributed by atoms with Gasteiger partial charge in [0.1, 0.15) is 0 Å². The van der Waals surface area contributed by atoms with Crippen molar-refractivity contribution < 1.29 is 0 Å². The van der Waals surface area contributed by atoms with E-state index < -0.39 is 0 Å². The summed E-state index contributed by atoms with van der Waals surface area (Å²) >= 11 is 0. The predicted octanol–water partition coefficient (Wildman–Crippen LogP) is 17.0. The fourth-order valence-electron chi connectivity index (χ4n) is 11.6. The second kappa shape index (κ2) is 13.4. The molecule has 2 heterocycles. The van der Waals surface area contributed by atoms with Gasteiger partial charge in [0.2, 0.25) is 0 Å². The first-order chi connectivity index (χ1) is 32.0. The van der Waals surface area contributed by atoms with Crippen LogP contribution in [0.15, 0.2) is 218 Å². The fourth-order valence-corrected chi connectivity index (χ4v) is 11.6. The van der Waals surface area contributed by atoms with Crippen molar-refractivity contribution in [2.75, 3.05) is 0 Å². The molecule has 0 fully saturated rings. The first-order valence-electron chi connectivity index (χ1n) is 22.8. The van der Waals surface area contributed by atoms with Crippen molar-refractivity contribution in [3.63, 3.8) is 0 Å². The summed E-state index contributed by atoms with van der Waals surface area (Å²) in [5, 5.41) is 12.9. The average Bonchev–Trinajstić information content (AvgIpc) is 3.96. The Balaban J connectivity index is 0.864. The Hall–Kier alpha value is -8.20. The first kappa shape index (κ1) is 36.3. The molecule has 1 aliphatic rings. The minimum absolute atomic E-state index is 0.0557. The minimum atomic E-state index is -0.0557. The molecular weight excluding hydrogens is 785 g/mol. The van der Waals surface area contributed by atoms with Crippen LogP contribution in [0.5, 0.6) is 0 Å². The smallest absolute Gasteiger partial charge is 0.0541 e. The van der Waals surface area contributed by atoms with Gasteiger partial charge in [0.25, 0.3) is 0 Å². The molecule has 2 aromatic heterocycles. The second-order valence-corrected chi connectivity index (χ2v) is 18.5. The van der Waals surface area contributed by atoms with E-state index in [4.69, 9.17) is 0 Å². The van der Waals surface area contributed by atoms with E-state index in [0.29, 0.717) is 0 Å². The van der Waals surface area contributed by atoms with E-state index >= 15 is 0 Å². The molecule has 65 heavy (non-hydrogen) atoms. The maximum atomic E-state index is 2.49. The molecule has 0 atom stereocenters. The van der Waals surface area contributed by atoms with Gasteiger partial charge in [0, 0.05) is 38.3 Å². The number of aromatic nitrogens is 2. The van der Waals surface area contributed by atoms with E-state index in [1.165, 1.54) is 126 Å². The minimum Gasteiger partial charge on any atom is -0.309 e. The third-order valence-corrected chi connectivity index (χ3v) is 14.7. The van der Waals surface area contributed by atoms with E-state index in [-0.39, 0.29) is 5.41 Å². The Kier molecular flexibility index (Phi) is 7.49. The number of hydrogen-bond acceptors (Lipinski definition) is 0. The molecule has 11 aromatic carbocycles. The molecule has 0 bridgehead atoms. The van der Waals surface area contributed by atoms with Crippen molar-refractivity contribution in [1.29, 1.82) is 0 Å².